The average molecular weight is 330 g/mol. The van der Waals surface area contributed by atoms with Gasteiger partial charge in [-0.2, -0.15) is 0 Å². The second kappa shape index (κ2) is 6.32. The molecule has 1 aromatic carbocycles. The molecule has 4 nitrogen and oxygen atoms in total. The normalized spacial score (nSPS) is 21.4. The third-order valence-corrected chi connectivity index (χ3v) is 4.72. The van der Waals surface area contributed by atoms with Crippen LogP contribution in [0.5, 0.6) is 0 Å². The predicted octanol–water partition coefficient (Wildman–Crippen LogP) is 3.78. The van der Waals surface area contributed by atoms with Crippen molar-refractivity contribution >= 4 is 34.0 Å². The van der Waals surface area contributed by atoms with E-state index >= 15 is 0 Å². The van der Waals surface area contributed by atoms with E-state index in [0.29, 0.717) is 17.4 Å². The molecule has 0 unspecified atom stereocenters. The molecular weight excluding hydrogens is 308 g/mol. The summed E-state index contributed by atoms with van der Waals surface area (Å²) in [6, 6.07) is 7.28. The molecule has 0 aliphatic carbocycles. The van der Waals surface area contributed by atoms with Crippen molar-refractivity contribution in [2.24, 2.45) is 11.8 Å². The first-order chi connectivity index (χ1) is 10.9. The number of fused-ring (bicyclic) bond motifs is 1. The number of nitrogens with zero attached hydrogens (tertiary/aromatic N) is 1. The smallest absolute Gasteiger partial charge is 0.336 e. The van der Waals surface area contributed by atoms with Crippen molar-refractivity contribution in [1.29, 1.82) is 0 Å². The standard InChI is InChI=1S/C18H22N2O2S/c1-11-6-12(2)10-20(9-11)18(23)19-14-4-5-15-13(3)7-17(21)22-16(15)8-14/h4-5,7-8,11-12H,6,9-10H2,1-3H3,(H,19,23)/t11-,12-/m1/s1. The van der Waals surface area contributed by atoms with Crippen molar-refractivity contribution in [2.75, 3.05) is 18.4 Å². The number of piperidine rings is 1. The molecule has 0 radical (unpaired) electrons. The van der Waals surface area contributed by atoms with E-state index in [1.54, 1.807) is 0 Å². The summed E-state index contributed by atoms with van der Waals surface area (Å²) in [4.78, 5) is 13.8. The summed E-state index contributed by atoms with van der Waals surface area (Å²) < 4.78 is 5.29. The molecule has 0 spiro atoms. The largest absolute Gasteiger partial charge is 0.423 e. The quantitative estimate of drug-likeness (QED) is 0.637. The van der Waals surface area contributed by atoms with Crippen LogP contribution in [0.3, 0.4) is 0 Å². The minimum absolute atomic E-state index is 0.326. The van der Waals surface area contributed by atoms with E-state index in [9.17, 15) is 4.79 Å². The molecule has 0 amide bonds. The van der Waals surface area contributed by atoms with Gasteiger partial charge in [0.15, 0.2) is 5.11 Å². The summed E-state index contributed by atoms with van der Waals surface area (Å²) in [6.45, 7) is 8.40. The van der Waals surface area contributed by atoms with E-state index in [2.05, 4.69) is 24.1 Å². The zero-order valence-electron chi connectivity index (χ0n) is 13.8. The lowest BCUT2D eigenvalue weighted by molar-refractivity contribution is 0.216. The molecule has 2 atom stereocenters. The zero-order chi connectivity index (χ0) is 16.6. The van der Waals surface area contributed by atoms with E-state index in [1.165, 1.54) is 12.5 Å². The molecule has 23 heavy (non-hydrogen) atoms. The van der Waals surface area contributed by atoms with Crippen LogP contribution < -0.4 is 10.9 Å². The Kier molecular flexibility index (Phi) is 4.39. The van der Waals surface area contributed by atoms with Gasteiger partial charge in [0.1, 0.15) is 5.58 Å². The molecule has 1 aliphatic rings. The van der Waals surface area contributed by atoms with E-state index in [4.69, 9.17) is 16.6 Å². The van der Waals surface area contributed by atoms with Crippen LogP contribution in [0.4, 0.5) is 5.69 Å². The molecule has 2 heterocycles. The summed E-state index contributed by atoms with van der Waals surface area (Å²) >= 11 is 5.56. The average Bonchev–Trinajstić information content (AvgIpc) is 2.45. The third kappa shape index (κ3) is 3.55. The highest BCUT2D eigenvalue weighted by Crippen LogP contribution is 2.24. The highest BCUT2D eigenvalue weighted by molar-refractivity contribution is 7.80. The molecule has 2 aromatic rings. The Labute approximate surface area is 141 Å². The van der Waals surface area contributed by atoms with Crippen molar-refractivity contribution in [3.63, 3.8) is 0 Å². The first kappa shape index (κ1) is 16.0. The number of hydrogen-bond acceptors (Lipinski definition) is 3. The lowest BCUT2D eigenvalue weighted by atomic mass is 9.92. The van der Waals surface area contributed by atoms with Gasteiger partial charge in [0.05, 0.1) is 0 Å². The van der Waals surface area contributed by atoms with Gasteiger partial charge in [-0.3, -0.25) is 0 Å². The monoisotopic (exact) mass is 330 g/mol. The molecule has 1 fully saturated rings. The number of hydrogen-bond donors (Lipinski definition) is 1. The van der Waals surface area contributed by atoms with Crippen molar-refractivity contribution in [1.82, 2.24) is 4.90 Å². The highest BCUT2D eigenvalue weighted by Gasteiger charge is 2.23. The topological polar surface area (TPSA) is 45.5 Å². The fourth-order valence-corrected chi connectivity index (χ4v) is 3.70. The number of rotatable bonds is 1. The molecule has 1 saturated heterocycles. The summed E-state index contributed by atoms with van der Waals surface area (Å²) in [5.41, 5.74) is 2.03. The Hall–Kier alpha value is -1.88. The van der Waals surface area contributed by atoms with Gasteiger partial charge in [-0.15, -0.1) is 0 Å². The summed E-state index contributed by atoms with van der Waals surface area (Å²) in [6.07, 6.45) is 1.25. The minimum atomic E-state index is -0.326. The fourth-order valence-electron chi connectivity index (χ4n) is 3.43. The van der Waals surface area contributed by atoms with Crippen LogP contribution in [0, 0.1) is 18.8 Å². The van der Waals surface area contributed by atoms with Crippen LogP contribution in [-0.4, -0.2) is 23.1 Å². The number of likely N-dealkylation sites (tertiary alicyclic amines) is 1. The second-order valence-electron chi connectivity index (χ2n) is 6.74. The maximum Gasteiger partial charge on any atom is 0.336 e. The van der Waals surface area contributed by atoms with Crippen LogP contribution >= 0.6 is 12.2 Å². The SMILES string of the molecule is Cc1cc(=O)oc2cc(NC(=S)N3C[C@H](C)C[C@@H](C)C3)ccc12. The third-order valence-electron chi connectivity index (χ3n) is 4.36. The summed E-state index contributed by atoms with van der Waals surface area (Å²) in [5.74, 6) is 1.30. The van der Waals surface area contributed by atoms with E-state index in [-0.39, 0.29) is 5.63 Å². The number of thiocarbonyl (C=S) groups is 1. The van der Waals surface area contributed by atoms with E-state index < -0.39 is 0 Å². The Morgan fingerprint density at radius 3 is 2.65 bits per heavy atom. The molecular formula is C18H22N2O2S. The maximum atomic E-state index is 11.5. The first-order valence-electron chi connectivity index (χ1n) is 8.03. The van der Waals surface area contributed by atoms with Crippen LogP contribution in [0.25, 0.3) is 11.0 Å². The van der Waals surface area contributed by atoms with Crippen molar-refractivity contribution in [3.8, 4) is 0 Å². The van der Waals surface area contributed by atoms with E-state index in [1.807, 2.05) is 25.1 Å². The molecule has 3 rings (SSSR count). The number of anilines is 1. The van der Waals surface area contributed by atoms with Crippen LogP contribution in [0.15, 0.2) is 33.5 Å². The van der Waals surface area contributed by atoms with Crippen molar-refractivity contribution < 1.29 is 4.42 Å². The van der Waals surface area contributed by atoms with Gasteiger partial charge in [0.2, 0.25) is 0 Å². The minimum Gasteiger partial charge on any atom is -0.423 e. The molecule has 1 aliphatic heterocycles. The van der Waals surface area contributed by atoms with Gasteiger partial charge in [-0.1, -0.05) is 13.8 Å². The summed E-state index contributed by atoms with van der Waals surface area (Å²) in [7, 11) is 0. The molecule has 0 bridgehead atoms. The van der Waals surface area contributed by atoms with Gasteiger partial charge in [-0.05, 0) is 55.1 Å². The van der Waals surface area contributed by atoms with Crippen LogP contribution in [0.1, 0.15) is 25.8 Å². The fraction of sp³-hybridized carbons (Fsp3) is 0.444. The second-order valence-corrected chi connectivity index (χ2v) is 7.13. The van der Waals surface area contributed by atoms with Gasteiger partial charge in [-0.25, -0.2) is 4.79 Å². The molecule has 0 saturated carbocycles. The van der Waals surface area contributed by atoms with Crippen LogP contribution in [0.2, 0.25) is 0 Å². The number of benzene rings is 1. The zero-order valence-corrected chi connectivity index (χ0v) is 14.6. The predicted molar refractivity (Wildman–Crippen MR) is 98.0 cm³/mol. The lowest BCUT2D eigenvalue weighted by Crippen LogP contribution is -2.44. The Morgan fingerprint density at radius 2 is 1.96 bits per heavy atom. The molecule has 1 N–H and O–H groups in total. The van der Waals surface area contributed by atoms with Gasteiger partial charge in [0, 0.05) is 36.3 Å². The van der Waals surface area contributed by atoms with Gasteiger partial charge < -0.3 is 14.6 Å². The molecule has 5 heteroatoms. The highest BCUT2D eigenvalue weighted by atomic mass is 32.1. The van der Waals surface area contributed by atoms with Gasteiger partial charge >= 0.3 is 5.63 Å². The van der Waals surface area contributed by atoms with Crippen LogP contribution in [-0.2, 0) is 0 Å². The van der Waals surface area contributed by atoms with Gasteiger partial charge in [0.25, 0.3) is 0 Å². The lowest BCUT2D eigenvalue weighted by Gasteiger charge is -2.36. The maximum absolute atomic E-state index is 11.5. The summed E-state index contributed by atoms with van der Waals surface area (Å²) in [5, 5.41) is 4.96. The number of aryl methyl sites for hydroxylation is 1. The Morgan fingerprint density at radius 1 is 1.26 bits per heavy atom. The molecule has 122 valence electrons. The van der Waals surface area contributed by atoms with Crippen molar-refractivity contribution in [2.45, 2.75) is 27.2 Å². The number of nitrogens with one attached hydrogen (secondary N) is 1. The Balaban J connectivity index is 1.81. The molecule has 1 aromatic heterocycles. The Bertz CT molecular complexity index is 789. The van der Waals surface area contributed by atoms with Crippen molar-refractivity contribution in [3.05, 3.63) is 40.2 Å². The van der Waals surface area contributed by atoms with E-state index in [0.717, 1.165) is 34.8 Å². The first-order valence-corrected chi connectivity index (χ1v) is 8.43.